The van der Waals surface area contributed by atoms with E-state index in [1.807, 2.05) is 17.5 Å². The molecule has 0 spiro atoms. The van der Waals surface area contributed by atoms with Crippen LogP contribution in [0.4, 0.5) is 5.69 Å². The maximum Gasteiger partial charge on any atom is 0.271 e. The van der Waals surface area contributed by atoms with Crippen LogP contribution in [0, 0.1) is 0 Å². The summed E-state index contributed by atoms with van der Waals surface area (Å²) in [6.07, 6.45) is 1.55. The fourth-order valence-electron chi connectivity index (χ4n) is 2.10. The van der Waals surface area contributed by atoms with Crippen LogP contribution in [-0.2, 0) is 10.0 Å². The van der Waals surface area contributed by atoms with Crippen molar-refractivity contribution < 1.29 is 13.2 Å². The predicted octanol–water partition coefficient (Wildman–Crippen LogP) is 3.97. The van der Waals surface area contributed by atoms with Crippen molar-refractivity contribution >= 4 is 50.8 Å². The minimum atomic E-state index is -3.73. The van der Waals surface area contributed by atoms with Gasteiger partial charge >= 0.3 is 0 Å². The molecular formula is C18H14ClN3O3S2. The number of nitrogens with one attached hydrogen (secondary N) is 2. The standard InChI is InChI=1S/C18H14ClN3O3S2/c19-14-5-9-17(10-6-14)27(24,25)22-15-7-3-13(4-8-15)18(23)21-20-12-16-2-1-11-26-16/h1-12,22H,(H,21,23). The lowest BCUT2D eigenvalue weighted by atomic mass is 10.2. The van der Waals surface area contributed by atoms with E-state index < -0.39 is 15.9 Å². The van der Waals surface area contributed by atoms with E-state index in [1.165, 1.54) is 59.9 Å². The first-order valence-electron chi connectivity index (χ1n) is 7.69. The number of hydrazone groups is 1. The molecule has 2 aromatic carbocycles. The minimum absolute atomic E-state index is 0.0941. The Morgan fingerprint density at radius 3 is 2.37 bits per heavy atom. The van der Waals surface area contributed by atoms with E-state index in [-0.39, 0.29) is 4.90 Å². The van der Waals surface area contributed by atoms with Gasteiger partial charge in [-0.3, -0.25) is 9.52 Å². The normalized spacial score (nSPS) is 11.4. The van der Waals surface area contributed by atoms with Crippen LogP contribution in [-0.4, -0.2) is 20.5 Å². The van der Waals surface area contributed by atoms with Crippen molar-refractivity contribution in [2.45, 2.75) is 4.90 Å². The quantitative estimate of drug-likeness (QED) is 0.468. The molecule has 0 fully saturated rings. The smallest absolute Gasteiger partial charge is 0.271 e. The third-order valence-corrected chi connectivity index (χ3v) is 5.88. The fraction of sp³-hybridized carbons (Fsp3) is 0. The molecular weight excluding hydrogens is 406 g/mol. The number of carbonyl (C=O) groups is 1. The van der Waals surface area contributed by atoms with Crippen LogP contribution >= 0.6 is 22.9 Å². The molecule has 1 amide bonds. The first kappa shape index (κ1) is 19.1. The number of halogens is 1. The molecule has 1 aromatic heterocycles. The van der Waals surface area contributed by atoms with Gasteiger partial charge in [0.05, 0.1) is 11.1 Å². The van der Waals surface area contributed by atoms with Gasteiger partial charge in [0.1, 0.15) is 0 Å². The first-order valence-corrected chi connectivity index (χ1v) is 10.4. The van der Waals surface area contributed by atoms with E-state index >= 15 is 0 Å². The summed E-state index contributed by atoms with van der Waals surface area (Å²) in [6, 6.07) is 15.6. The first-order chi connectivity index (χ1) is 12.9. The monoisotopic (exact) mass is 419 g/mol. The van der Waals surface area contributed by atoms with Gasteiger partial charge in [0.15, 0.2) is 0 Å². The van der Waals surface area contributed by atoms with Crippen LogP contribution in [0.5, 0.6) is 0 Å². The molecule has 0 aliphatic heterocycles. The van der Waals surface area contributed by atoms with Crippen molar-refractivity contribution in [2.75, 3.05) is 4.72 Å². The number of thiophene rings is 1. The molecule has 0 aliphatic rings. The zero-order chi connectivity index (χ0) is 19.3. The second kappa shape index (κ2) is 8.34. The van der Waals surface area contributed by atoms with E-state index in [2.05, 4.69) is 15.2 Å². The van der Waals surface area contributed by atoms with Gasteiger partial charge in [0, 0.05) is 21.2 Å². The van der Waals surface area contributed by atoms with Gasteiger partial charge in [-0.05, 0) is 60.0 Å². The highest BCUT2D eigenvalue weighted by Crippen LogP contribution is 2.18. The predicted molar refractivity (Wildman–Crippen MR) is 108 cm³/mol. The summed E-state index contributed by atoms with van der Waals surface area (Å²) >= 11 is 7.28. The Kier molecular flexibility index (Phi) is 5.90. The summed E-state index contributed by atoms with van der Waals surface area (Å²) in [5, 5.41) is 6.24. The largest absolute Gasteiger partial charge is 0.280 e. The van der Waals surface area contributed by atoms with Crippen LogP contribution in [0.15, 0.2) is 76.0 Å². The molecule has 138 valence electrons. The number of anilines is 1. The SMILES string of the molecule is O=C(NN=Cc1cccs1)c1ccc(NS(=O)(=O)c2ccc(Cl)cc2)cc1. The summed E-state index contributed by atoms with van der Waals surface area (Å²) < 4.78 is 27.1. The molecule has 0 unspecified atom stereocenters. The molecule has 0 atom stereocenters. The van der Waals surface area contributed by atoms with E-state index in [9.17, 15) is 13.2 Å². The van der Waals surface area contributed by atoms with Crippen molar-refractivity contribution in [3.05, 3.63) is 81.5 Å². The molecule has 2 N–H and O–H groups in total. The van der Waals surface area contributed by atoms with E-state index in [4.69, 9.17) is 11.6 Å². The number of benzene rings is 2. The topological polar surface area (TPSA) is 87.6 Å². The Hall–Kier alpha value is -2.68. The Morgan fingerprint density at radius 1 is 1.04 bits per heavy atom. The summed E-state index contributed by atoms with van der Waals surface area (Å²) in [6.45, 7) is 0. The summed E-state index contributed by atoms with van der Waals surface area (Å²) in [4.78, 5) is 13.1. The average molecular weight is 420 g/mol. The number of rotatable bonds is 6. The molecule has 0 aliphatic carbocycles. The molecule has 3 aromatic rings. The number of sulfonamides is 1. The Balaban J connectivity index is 1.64. The second-order valence-corrected chi connectivity index (χ2v) is 8.45. The van der Waals surface area contributed by atoms with Gasteiger partial charge in [-0.15, -0.1) is 11.3 Å². The van der Waals surface area contributed by atoms with Gasteiger partial charge in [-0.1, -0.05) is 17.7 Å². The molecule has 6 nitrogen and oxygen atoms in total. The number of amides is 1. The third kappa shape index (κ3) is 5.16. The molecule has 9 heteroatoms. The Labute approximate surface area is 165 Å². The van der Waals surface area contributed by atoms with Crippen molar-refractivity contribution in [1.82, 2.24) is 5.43 Å². The minimum Gasteiger partial charge on any atom is -0.280 e. The van der Waals surface area contributed by atoms with Crippen molar-refractivity contribution in [3.8, 4) is 0 Å². The summed E-state index contributed by atoms with van der Waals surface area (Å²) in [5.74, 6) is -0.394. The van der Waals surface area contributed by atoms with Gasteiger partial charge in [0.2, 0.25) is 0 Å². The second-order valence-electron chi connectivity index (χ2n) is 5.35. The van der Waals surface area contributed by atoms with E-state index in [1.54, 1.807) is 6.21 Å². The van der Waals surface area contributed by atoms with Crippen molar-refractivity contribution in [1.29, 1.82) is 0 Å². The number of hydrogen-bond acceptors (Lipinski definition) is 5. The van der Waals surface area contributed by atoms with Crippen molar-refractivity contribution in [2.24, 2.45) is 5.10 Å². The van der Waals surface area contributed by atoms with Crippen LogP contribution in [0.3, 0.4) is 0 Å². The molecule has 3 rings (SSSR count). The van der Waals surface area contributed by atoms with Crippen LogP contribution in [0.25, 0.3) is 0 Å². The van der Waals surface area contributed by atoms with Gasteiger partial charge in [0.25, 0.3) is 15.9 Å². The number of carbonyl (C=O) groups excluding carboxylic acids is 1. The lowest BCUT2D eigenvalue weighted by Crippen LogP contribution is -2.17. The number of hydrogen-bond donors (Lipinski definition) is 2. The van der Waals surface area contributed by atoms with Crippen LogP contribution in [0.1, 0.15) is 15.2 Å². The lowest BCUT2D eigenvalue weighted by Gasteiger charge is -2.08. The summed E-state index contributed by atoms with van der Waals surface area (Å²) in [7, 11) is -3.73. The van der Waals surface area contributed by atoms with Gasteiger partial charge in [-0.2, -0.15) is 5.10 Å². The van der Waals surface area contributed by atoms with E-state index in [0.29, 0.717) is 16.3 Å². The molecule has 0 bridgehead atoms. The summed E-state index contributed by atoms with van der Waals surface area (Å²) in [5.41, 5.74) is 3.11. The number of nitrogens with zero attached hydrogens (tertiary/aromatic N) is 1. The maximum atomic E-state index is 12.3. The molecule has 27 heavy (non-hydrogen) atoms. The van der Waals surface area contributed by atoms with Crippen LogP contribution in [0.2, 0.25) is 5.02 Å². The molecule has 1 heterocycles. The lowest BCUT2D eigenvalue weighted by molar-refractivity contribution is 0.0955. The maximum absolute atomic E-state index is 12.3. The molecule has 0 radical (unpaired) electrons. The molecule has 0 saturated heterocycles. The molecule has 0 saturated carbocycles. The highest BCUT2D eigenvalue weighted by atomic mass is 35.5. The highest BCUT2D eigenvalue weighted by molar-refractivity contribution is 7.92. The van der Waals surface area contributed by atoms with Gasteiger partial charge in [-0.25, -0.2) is 13.8 Å². The fourth-order valence-corrected chi connectivity index (χ4v) is 3.87. The Bertz CT molecular complexity index is 1050. The van der Waals surface area contributed by atoms with E-state index in [0.717, 1.165) is 4.88 Å². The van der Waals surface area contributed by atoms with Crippen LogP contribution < -0.4 is 10.1 Å². The third-order valence-electron chi connectivity index (χ3n) is 3.42. The Morgan fingerprint density at radius 2 is 1.74 bits per heavy atom. The zero-order valence-electron chi connectivity index (χ0n) is 13.8. The zero-order valence-corrected chi connectivity index (χ0v) is 16.2. The van der Waals surface area contributed by atoms with Gasteiger partial charge < -0.3 is 0 Å². The highest BCUT2D eigenvalue weighted by Gasteiger charge is 2.14. The average Bonchev–Trinajstić information content (AvgIpc) is 3.16. The van der Waals surface area contributed by atoms with Crippen molar-refractivity contribution in [3.63, 3.8) is 0 Å².